The molecule has 1 rings (SSSR count). The second-order valence-corrected chi connectivity index (χ2v) is 5.04. The van der Waals surface area contributed by atoms with E-state index in [1.165, 1.54) is 11.1 Å². The fourth-order valence-electron chi connectivity index (χ4n) is 1.61. The molecule has 2 N–H and O–H groups in total. The lowest BCUT2D eigenvalue weighted by Crippen LogP contribution is -2.30. The van der Waals surface area contributed by atoms with Gasteiger partial charge in [-0.1, -0.05) is 13.8 Å². The molecule has 0 saturated carbocycles. The second-order valence-electron chi connectivity index (χ2n) is 5.04. The Labute approximate surface area is 97.9 Å². The van der Waals surface area contributed by atoms with E-state index in [0.29, 0.717) is 0 Å². The van der Waals surface area contributed by atoms with Crippen molar-refractivity contribution in [2.75, 3.05) is 13.2 Å². The molecule has 0 unspecified atom stereocenters. The minimum absolute atomic E-state index is 0.144. The first-order chi connectivity index (χ1) is 7.55. The maximum Gasteiger partial charge on any atom is 0.0436 e. The average molecular weight is 222 g/mol. The molecule has 0 radical (unpaired) electrons. The molecular weight excluding hydrogens is 200 g/mol. The Morgan fingerprint density at radius 2 is 2.19 bits per heavy atom. The van der Waals surface area contributed by atoms with Gasteiger partial charge in [-0.15, -0.1) is 0 Å². The van der Waals surface area contributed by atoms with Gasteiger partial charge in [0.25, 0.3) is 0 Å². The molecule has 16 heavy (non-hydrogen) atoms. The lowest BCUT2D eigenvalue weighted by molar-refractivity contribution is 0.207. The highest BCUT2D eigenvalue weighted by Gasteiger charge is 2.16. The first-order valence-corrected chi connectivity index (χ1v) is 5.76. The van der Waals surface area contributed by atoms with Gasteiger partial charge < -0.3 is 10.4 Å². The zero-order valence-corrected chi connectivity index (χ0v) is 10.5. The van der Waals surface area contributed by atoms with Crippen molar-refractivity contribution in [3.63, 3.8) is 0 Å². The summed E-state index contributed by atoms with van der Waals surface area (Å²) in [5, 5.41) is 12.3. The molecule has 1 aromatic rings. The Morgan fingerprint density at radius 1 is 1.44 bits per heavy atom. The summed E-state index contributed by atoms with van der Waals surface area (Å²) in [6.07, 6.45) is 4.54. The molecule has 0 aliphatic carbocycles. The number of rotatable bonds is 6. The summed E-state index contributed by atoms with van der Waals surface area (Å²) in [5.74, 6) is 0. The first kappa shape index (κ1) is 13.1. The quantitative estimate of drug-likeness (QED) is 0.772. The van der Waals surface area contributed by atoms with Crippen LogP contribution in [0.2, 0.25) is 0 Å². The minimum Gasteiger partial charge on any atom is -0.396 e. The summed E-state index contributed by atoms with van der Waals surface area (Å²) in [7, 11) is 0. The molecule has 3 heteroatoms. The van der Waals surface area contributed by atoms with Gasteiger partial charge in [-0.3, -0.25) is 4.98 Å². The van der Waals surface area contributed by atoms with Crippen LogP contribution in [0, 0.1) is 12.3 Å². The number of aromatic nitrogens is 1. The number of pyridine rings is 1. The number of aliphatic hydroxyl groups excluding tert-OH is 1. The van der Waals surface area contributed by atoms with Gasteiger partial charge in [0.1, 0.15) is 0 Å². The summed E-state index contributed by atoms with van der Waals surface area (Å²) in [5.41, 5.74) is 2.65. The van der Waals surface area contributed by atoms with E-state index in [2.05, 4.69) is 31.1 Å². The Kier molecular flexibility index (Phi) is 4.90. The Bertz CT molecular complexity index is 323. The van der Waals surface area contributed by atoms with E-state index in [0.717, 1.165) is 19.5 Å². The van der Waals surface area contributed by atoms with Gasteiger partial charge in [-0.25, -0.2) is 0 Å². The third kappa shape index (κ3) is 4.29. The summed E-state index contributed by atoms with van der Waals surface area (Å²) >= 11 is 0. The molecule has 0 aromatic carbocycles. The third-order valence-electron chi connectivity index (χ3n) is 2.86. The Morgan fingerprint density at radius 3 is 2.81 bits per heavy atom. The first-order valence-electron chi connectivity index (χ1n) is 5.76. The molecule has 3 nitrogen and oxygen atoms in total. The van der Waals surface area contributed by atoms with Crippen LogP contribution < -0.4 is 5.32 Å². The van der Waals surface area contributed by atoms with Crippen LogP contribution in [-0.2, 0) is 6.54 Å². The van der Waals surface area contributed by atoms with Crippen molar-refractivity contribution < 1.29 is 5.11 Å². The molecule has 90 valence electrons. The predicted octanol–water partition coefficient (Wildman–Crippen LogP) is 1.89. The Hall–Kier alpha value is -0.930. The SMILES string of the molecule is Cc1ccncc1CNCC(C)(C)CCO. The second kappa shape index (κ2) is 5.97. The number of hydrogen-bond acceptors (Lipinski definition) is 3. The van der Waals surface area contributed by atoms with Gasteiger partial charge in [0, 0.05) is 32.1 Å². The average Bonchev–Trinajstić information content (AvgIpc) is 2.20. The highest BCUT2D eigenvalue weighted by Crippen LogP contribution is 2.18. The van der Waals surface area contributed by atoms with Crippen LogP contribution in [0.3, 0.4) is 0 Å². The summed E-state index contributed by atoms with van der Waals surface area (Å²) in [6, 6.07) is 2.02. The Balaban J connectivity index is 2.39. The fraction of sp³-hybridized carbons (Fsp3) is 0.615. The molecule has 0 bridgehead atoms. The van der Waals surface area contributed by atoms with Gasteiger partial charge in [-0.05, 0) is 36.0 Å². The molecule has 1 aromatic heterocycles. The largest absolute Gasteiger partial charge is 0.396 e. The standard InChI is InChI=1S/C13H22N2O/c1-11-4-6-14-8-12(11)9-15-10-13(2,3)5-7-16/h4,6,8,15-16H,5,7,9-10H2,1-3H3. The zero-order valence-electron chi connectivity index (χ0n) is 10.5. The van der Waals surface area contributed by atoms with Crippen molar-refractivity contribution in [2.45, 2.75) is 33.7 Å². The normalized spacial score (nSPS) is 11.8. The number of hydrogen-bond donors (Lipinski definition) is 2. The van der Waals surface area contributed by atoms with E-state index in [9.17, 15) is 0 Å². The molecule has 0 saturated heterocycles. The van der Waals surface area contributed by atoms with Gasteiger partial charge in [0.05, 0.1) is 0 Å². The summed E-state index contributed by atoms with van der Waals surface area (Å²) in [4.78, 5) is 4.12. The zero-order chi connectivity index (χ0) is 12.0. The van der Waals surface area contributed by atoms with E-state index in [1.54, 1.807) is 0 Å². The summed E-state index contributed by atoms with van der Waals surface area (Å²) < 4.78 is 0. The maximum absolute atomic E-state index is 8.92. The van der Waals surface area contributed by atoms with Gasteiger partial charge in [0.2, 0.25) is 0 Å². The van der Waals surface area contributed by atoms with Crippen molar-refractivity contribution in [3.05, 3.63) is 29.6 Å². The number of aryl methyl sites for hydroxylation is 1. The third-order valence-corrected chi connectivity index (χ3v) is 2.86. The van der Waals surface area contributed by atoms with E-state index >= 15 is 0 Å². The molecule has 0 atom stereocenters. The predicted molar refractivity (Wildman–Crippen MR) is 66.2 cm³/mol. The molecule has 1 heterocycles. The molecule has 0 fully saturated rings. The fourth-order valence-corrected chi connectivity index (χ4v) is 1.61. The van der Waals surface area contributed by atoms with E-state index in [1.807, 2.05) is 18.5 Å². The van der Waals surface area contributed by atoms with Crippen LogP contribution in [0.15, 0.2) is 18.5 Å². The van der Waals surface area contributed by atoms with E-state index in [4.69, 9.17) is 5.11 Å². The van der Waals surface area contributed by atoms with Crippen LogP contribution in [0.5, 0.6) is 0 Å². The number of nitrogens with zero attached hydrogens (tertiary/aromatic N) is 1. The van der Waals surface area contributed by atoms with Crippen molar-refractivity contribution in [1.82, 2.24) is 10.3 Å². The molecule has 0 aliphatic heterocycles. The van der Waals surface area contributed by atoms with Crippen molar-refractivity contribution in [1.29, 1.82) is 0 Å². The smallest absolute Gasteiger partial charge is 0.0436 e. The minimum atomic E-state index is 0.144. The summed E-state index contributed by atoms with van der Waals surface area (Å²) in [6.45, 7) is 8.41. The van der Waals surface area contributed by atoms with Gasteiger partial charge in [0.15, 0.2) is 0 Å². The molecular formula is C13H22N2O. The van der Waals surface area contributed by atoms with Gasteiger partial charge in [-0.2, -0.15) is 0 Å². The molecule has 0 aliphatic rings. The lowest BCUT2D eigenvalue weighted by Gasteiger charge is -2.24. The van der Waals surface area contributed by atoms with Crippen molar-refractivity contribution in [2.24, 2.45) is 5.41 Å². The monoisotopic (exact) mass is 222 g/mol. The number of aliphatic hydroxyl groups is 1. The highest BCUT2D eigenvalue weighted by atomic mass is 16.3. The highest BCUT2D eigenvalue weighted by molar-refractivity contribution is 5.20. The van der Waals surface area contributed by atoms with Crippen molar-refractivity contribution >= 4 is 0 Å². The molecule has 0 spiro atoms. The lowest BCUT2D eigenvalue weighted by atomic mass is 9.90. The van der Waals surface area contributed by atoms with E-state index < -0.39 is 0 Å². The number of nitrogens with one attached hydrogen (secondary N) is 1. The van der Waals surface area contributed by atoms with Gasteiger partial charge >= 0.3 is 0 Å². The maximum atomic E-state index is 8.92. The van der Waals surface area contributed by atoms with Crippen LogP contribution in [0.4, 0.5) is 0 Å². The topological polar surface area (TPSA) is 45.2 Å². The van der Waals surface area contributed by atoms with E-state index in [-0.39, 0.29) is 12.0 Å². The van der Waals surface area contributed by atoms with Crippen LogP contribution >= 0.6 is 0 Å². The van der Waals surface area contributed by atoms with Crippen molar-refractivity contribution in [3.8, 4) is 0 Å². The molecule has 0 amide bonds. The van der Waals surface area contributed by atoms with Crippen LogP contribution in [0.1, 0.15) is 31.4 Å². The van der Waals surface area contributed by atoms with Crippen LogP contribution in [-0.4, -0.2) is 23.2 Å². The van der Waals surface area contributed by atoms with Crippen LogP contribution in [0.25, 0.3) is 0 Å².